The van der Waals surface area contributed by atoms with Gasteiger partial charge in [-0.3, -0.25) is 4.79 Å². The van der Waals surface area contributed by atoms with Gasteiger partial charge in [-0.15, -0.1) is 0 Å². The Kier molecular flexibility index (Phi) is 6.05. The van der Waals surface area contributed by atoms with E-state index in [1.54, 1.807) is 0 Å². The van der Waals surface area contributed by atoms with Crippen LogP contribution in [0.1, 0.15) is 48.7 Å². The first kappa shape index (κ1) is 23.5. The summed E-state index contributed by atoms with van der Waals surface area (Å²) in [4.78, 5) is 20.3. The first-order chi connectivity index (χ1) is 18.0. The highest BCUT2D eigenvalue weighted by Crippen LogP contribution is 2.33. The molecule has 188 valence electrons. The number of hydrogen-bond donors (Lipinski definition) is 1. The third kappa shape index (κ3) is 4.31. The van der Waals surface area contributed by atoms with E-state index in [-0.39, 0.29) is 18.0 Å². The summed E-state index contributed by atoms with van der Waals surface area (Å²) in [6, 6.07) is 27.5. The van der Waals surface area contributed by atoms with Crippen LogP contribution in [0.25, 0.3) is 33.5 Å². The minimum absolute atomic E-state index is 0.0379. The van der Waals surface area contributed by atoms with Crippen molar-refractivity contribution in [1.82, 2.24) is 19.0 Å². The molecule has 1 saturated heterocycles. The molecule has 6 rings (SSSR count). The topological polar surface area (TPSA) is 69.1 Å². The highest BCUT2D eigenvalue weighted by atomic mass is 16.2. The number of aromatic nitrogens is 3. The minimum atomic E-state index is 0.0379. The van der Waals surface area contributed by atoms with Gasteiger partial charge in [-0.2, -0.15) is 0 Å². The molecule has 1 aliphatic heterocycles. The second kappa shape index (κ2) is 9.52. The van der Waals surface area contributed by atoms with E-state index in [1.807, 2.05) is 29.2 Å². The number of carbonyl (C=O) groups is 1. The maximum Gasteiger partial charge on any atom is 0.253 e. The average Bonchev–Trinajstić information content (AvgIpc) is 3.47. The van der Waals surface area contributed by atoms with Gasteiger partial charge in [0.05, 0.1) is 16.7 Å². The first-order valence-electron chi connectivity index (χ1n) is 13.2. The van der Waals surface area contributed by atoms with Crippen molar-refractivity contribution in [3.05, 3.63) is 90.0 Å². The van der Waals surface area contributed by atoms with Crippen LogP contribution in [-0.2, 0) is 6.54 Å². The van der Waals surface area contributed by atoms with E-state index in [4.69, 9.17) is 10.7 Å². The van der Waals surface area contributed by atoms with Crippen LogP contribution < -0.4 is 5.73 Å². The second-order valence-corrected chi connectivity index (χ2v) is 10.4. The fourth-order valence-electron chi connectivity index (χ4n) is 5.64. The number of rotatable bonds is 5. The molecule has 5 aromatic rings. The van der Waals surface area contributed by atoms with E-state index in [2.05, 4.69) is 77.6 Å². The zero-order valence-electron chi connectivity index (χ0n) is 21.5. The first-order valence-corrected chi connectivity index (χ1v) is 13.2. The van der Waals surface area contributed by atoms with Crippen LogP contribution in [0.3, 0.4) is 0 Å². The standard InChI is InChI=1S/C31H33N5O/c1-21(2)36-28-15-14-24(31(37)34-16-8-12-25(32)20-34)17-26(28)33-30(36)29-18-23-11-6-7-13-27(23)35(29)19-22-9-4-3-5-10-22/h3-7,9-11,13-15,17-18,21,25H,8,12,16,19-20,32H2,1-2H3. The van der Waals surface area contributed by atoms with Crippen LogP contribution in [-0.4, -0.2) is 44.1 Å². The molecule has 0 radical (unpaired) electrons. The fourth-order valence-corrected chi connectivity index (χ4v) is 5.64. The monoisotopic (exact) mass is 491 g/mol. The van der Waals surface area contributed by atoms with Crippen molar-refractivity contribution in [1.29, 1.82) is 0 Å². The molecule has 2 aromatic heterocycles. The summed E-state index contributed by atoms with van der Waals surface area (Å²) < 4.78 is 4.64. The van der Waals surface area contributed by atoms with E-state index < -0.39 is 0 Å². The van der Waals surface area contributed by atoms with Gasteiger partial charge < -0.3 is 19.8 Å². The Bertz CT molecular complexity index is 1580. The van der Waals surface area contributed by atoms with Gasteiger partial charge in [0.1, 0.15) is 0 Å². The molecule has 37 heavy (non-hydrogen) atoms. The quantitative estimate of drug-likeness (QED) is 0.335. The smallest absolute Gasteiger partial charge is 0.253 e. The molecular formula is C31H33N5O. The van der Waals surface area contributed by atoms with Crippen LogP contribution >= 0.6 is 0 Å². The lowest BCUT2D eigenvalue weighted by Gasteiger charge is -2.30. The SMILES string of the molecule is CC(C)n1c(-c2cc3ccccc3n2Cc2ccccc2)nc2cc(C(=O)N3CCCC(N)C3)ccc21. The molecule has 1 unspecified atom stereocenters. The van der Waals surface area contributed by atoms with Gasteiger partial charge in [0, 0.05) is 48.2 Å². The maximum atomic E-state index is 13.3. The number of amides is 1. The van der Waals surface area contributed by atoms with Gasteiger partial charge in [-0.1, -0.05) is 48.5 Å². The maximum absolute atomic E-state index is 13.3. The number of piperidine rings is 1. The van der Waals surface area contributed by atoms with Crippen LogP contribution in [0, 0.1) is 0 Å². The van der Waals surface area contributed by atoms with Crippen molar-refractivity contribution in [2.75, 3.05) is 13.1 Å². The highest BCUT2D eigenvalue weighted by Gasteiger charge is 2.24. The minimum Gasteiger partial charge on any atom is -0.337 e. The van der Waals surface area contributed by atoms with Crippen LogP contribution in [0.4, 0.5) is 0 Å². The van der Waals surface area contributed by atoms with Crippen LogP contribution in [0.15, 0.2) is 78.9 Å². The number of fused-ring (bicyclic) bond motifs is 2. The van der Waals surface area contributed by atoms with Crippen molar-refractivity contribution >= 4 is 27.8 Å². The molecule has 3 heterocycles. The van der Waals surface area contributed by atoms with Gasteiger partial charge in [0.2, 0.25) is 0 Å². The zero-order valence-corrected chi connectivity index (χ0v) is 21.5. The molecular weight excluding hydrogens is 458 g/mol. The molecule has 2 N–H and O–H groups in total. The molecule has 1 atom stereocenters. The number of imidazole rings is 1. The molecule has 3 aromatic carbocycles. The highest BCUT2D eigenvalue weighted by molar-refractivity contribution is 5.98. The molecule has 6 heteroatoms. The summed E-state index contributed by atoms with van der Waals surface area (Å²) in [5.74, 6) is 0.956. The molecule has 0 saturated carbocycles. The lowest BCUT2D eigenvalue weighted by molar-refractivity contribution is 0.0709. The zero-order chi connectivity index (χ0) is 25.5. The van der Waals surface area contributed by atoms with Crippen molar-refractivity contribution in [2.45, 2.75) is 45.3 Å². The number of hydrogen-bond acceptors (Lipinski definition) is 3. The van der Waals surface area contributed by atoms with Gasteiger partial charge in [0.25, 0.3) is 5.91 Å². The van der Waals surface area contributed by atoms with Gasteiger partial charge in [-0.05, 0) is 62.6 Å². The van der Waals surface area contributed by atoms with Crippen molar-refractivity contribution in [3.8, 4) is 11.5 Å². The fraction of sp³-hybridized carbons (Fsp3) is 0.290. The Morgan fingerprint density at radius 2 is 1.78 bits per heavy atom. The van der Waals surface area contributed by atoms with Crippen molar-refractivity contribution in [3.63, 3.8) is 0 Å². The third-order valence-electron chi connectivity index (χ3n) is 7.42. The molecule has 0 aliphatic carbocycles. The normalized spacial score (nSPS) is 16.2. The Labute approximate surface area is 217 Å². The predicted octanol–water partition coefficient (Wildman–Crippen LogP) is 5.85. The molecule has 6 nitrogen and oxygen atoms in total. The van der Waals surface area contributed by atoms with E-state index >= 15 is 0 Å². The largest absolute Gasteiger partial charge is 0.337 e. The Balaban J connectivity index is 1.48. The van der Waals surface area contributed by atoms with Crippen molar-refractivity contribution < 1.29 is 4.79 Å². The molecule has 1 fully saturated rings. The lowest BCUT2D eigenvalue weighted by atomic mass is 10.1. The average molecular weight is 492 g/mol. The summed E-state index contributed by atoms with van der Waals surface area (Å²) in [5, 5.41) is 1.19. The molecule has 1 aliphatic rings. The van der Waals surface area contributed by atoms with Crippen molar-refractivity contribution in [2.24, 2.45) is 5.73 Å². The number of carbonyl (C=O) groups excluding carboxylic acids is 1. The van der Waals surface area contributed by atoms with Gasteiger partial charge in [0.15, 0.2) is 5.82 Å². The predicted molar refractivity (Wildman–Crippen MR) is 150 cm³/mol. The summed E-state index contributed by atoms with van der Waals surface area (Å²) in [5.41, 5.74) is 12.2. The van der Waals surface area contributed by atoms with Crippen LogP contribution in [0.5, 0.6) is 0 Å². The van der Waals surface area contributed by atoms with Gasteiger partial charge in [-0.25, -0.2) is 4.98 Å². The van der Waals surface area contributed by atoms with Crippen LogP contribution in [0.2, 0.25) is 0 Å². The number of nitrogens with zero attached hydrogens (tertiary/aromatic N) is 4. The molecule has 0 bridgehead atoms. The summed E-state index contributed by atoms with van der Waals surface area (Å²) in [6.07, 6.45) is 1.93. The Hall–Kier alpha value is -3.90. The number of para-hydroxylation sites is 1. The summed E-state index contributed by atoms with van der Waals surface area (Å²) in [7, 11) is 0. The van der Waals surface area contributed by atoms with E-state index in [0.29, 0.717) is 12.1 Å². The number of benzene rings is 3. The third-order valence-corrected chi connectivity index (χ3v) is 7.42. The summed E-state index contributed by atoms with van der Waals surface area (Å²) in [6.45, 7) is 6.49. The number of likely N-dealkylation sites (tertiary alicyclic amines) is 1. The number of nitrogens with two attached hydrogens (primary N) is 1. The summed E-state index contributed by atoms with van der Waals surface area (Å²) >= 11 is 0. The molecule has 0 spiro atoms. The van der Waals surface area contributed by atoms with Gasteiger partial charge >= 0.3 is 0 Å². The van der Waals surface area contributed by atoms with E-state index in [9.17, 15) is 4.79 Å². The lowest BCUT2D eigenvalue weighted by Crippen LogP contribution is -2.45. The van der Waals surface area contributed by atoms with E-state index in [1.165, 1.54) is 16.5 Å². The Morgan fingerprint density at radius 3 is 2.57 bits per heavy atom. The van der Waals surface area contributed by atoms with E-state index in [0.717, 1.165) is 48.5 Å². The Morgan fingerprint density at radius 1 is 1.00 bits per heavy atom. The second-order valence-electron chi connectivity index (χ2n) is 10.4. The molecule has 1 amide bonds.